The van der Waals surface area contributed by atoms with Gasteiger partial charge in [0.2, 0.25) is 5.90 Å². The molecule has 0 unspecified atom stereocenters. The number of rotatable bonds is 2. The molecule has 0 aliphatic carbocycles. The average molecular weight is 292 g/mol. The van der Waals surface area contributed by atoms with E-state index in [1.54, 1.807) is 6.33 Å². The summed E-state index contributed by atoms with van der Waals surface area (Å²) in [4.78, 5) is 8.54. The highest BCUT2D eigenvalue weighted by Gasteiger charge is 2.13. The smallest absolute Gasteiger partial charge is 0.237 e. The van der Waals surface area contributed by atoms with Gasteiger partial charge in [-0.05, 0) is 18.2 Å². The van der Waals surface area contributed by atoms with Gasteiger partial charge in [0.1, 0.15) is 18.6 Å². The van der Waals surface area contributed by atoms with Crippen molar-refractivity contribution in [2.75, 3.05) is 13.2 Å². The maximum Gasteiger partial charge on any atom is 0.237 e. The summed E-state index contributed by atoms with van der Waals surface area (Å²) in [6.07, 6.45) is 3.69. The molecule has 1 aliphatic heterocycles. The first-order valence-electron chi connectivity index (χ1n) is 5.30. The minimum Gasteiger partial charge on any atom is -0.474 e. The van der Waals surface area contributed by atoms with Crippen LogP contribution in [0.1, 0.15) is 5.69 Å². The molecule has 0 fully saturated rings. The summed E-state index contributed by atoms with van der Waals surface area (Å²) in [6, 6.07) is 8.03. The predicted octanol–water partition coefficient (Wildman–Crippen LogP) is 2.41. The molecular weight excluding hydrogens is 282 g/mol. The van der Waals surface area contributed by atoms with Gasteiger partial charge in [-0.3, -0.25) is 0 Å². The van der Waals surface area contributed by atoms with E-state index in [1.165, 1.54) is 0 Å². The van der Waals surface area contributed by atoms with Crippen molar-refractivity contribution in [2.45, 2.75) is 0 Å². The Morgan fingerprint density at radius 1 is 1.35 bits per heavy atom. The Labute approximate surface area is 107 Å². The number of imidazole rings is 1. The van der Waals surface area contributed by atoms with Crippen LogP contribution in [0.2, 0.25) is 0 Å². The van der Waals surface area contributed by atoms with Crippen molar-refractivity contribution >= 4 is 21.8 Å². The Morgan fingerprint density at radius 3 is 3.06 bits per heavy atom. The zero-order valence-electron chi connectivity index (χ0n) is 9.01. The van der Waals surface area contributed by atoms with Crippen LogP contribution < -0.4 is 0 Å². The van der Waals surface area contributed by atoms with Gasteiger partial charge in [-0.15, -0.1) is 0 Å². The molecule has 2 heterocycles. The van der Waals surface area contributed by atoms with Crippen LogP contribution in [0.25, 0.3) is 5.69 Å². The van der Waals surface area contributed by atoms with E-state index in [0.29, 0.717) is 12.5 Å². The third-order valence-corrected chi connectivity index (χ3v) is 2.99. The highest BCUT2D eigenvalue weighted by molar-refractivity contribution is 9.10. The Balaban J connectivity index is 1.94. The molecule has 0 saturated heterocycles. The number of halogens is 1. The van der Waals surface area contributed by atoms with E-state index in [1.807, 2.05) is 35.0 Å². The molecular formula is C12H10BrN3O. The van der Waals surface area contributed by atoms with Gasteiger partial charge >= 0.3 is 0 Å². The molecule has 86 valence electrons. The number of benzene rings is 1. The van der Waals surface area contributed by atoms with Crippen LogP contribution in [0.5, 0.6) is 0 Å². The number of nitrogens with zero attached hydrogens (tertiary/aromatic N) is 3. The largest absolute Gasteiger partial charge is 0.474 e. The standard InChI is InChI=1S/C12H10BrN3O/c13-9-2-1-3-10(6-9)16-7-11(15-8-16)12-14-4-5-17-12/h1-3,6-8H,4-5H2. The van der Waals surface area contributed by atoms with E-state index < -0.39 is 0 Å². The molecule has 0 amide bonds. The summed E-state index contributed by atoms with van der Waals surface area (Å²) in [6.45, 7) is 1.37. The van der Waals surface area contributed by atoms with E-state index >= 15 is 0 Å². The third kappa shape index (κ3) is 2.10. The summed E-state index contributed by atoms with van der Waals surface area (Å²) in [5, 5.41) is 0. The molecule has 0 N–H and O–H groups in total. The number of ether oxygens (including phenoxy) is 1. The molecule has 2 aromatic rings. The predicted molar refractivity (Wildman–Crippen MR) is 68.6 cm³/mol. The maximum atomic E-state index is 5.38. The van der Waals surface area contributed by atoms with Crippen molar-refractivity contribution in [1.29, 1.82) is 0 Å². The molecule has 0 spiro atoms. The molecule has 0 radical (unpaired) electrons. The lowest BCUT2D eigenvalue weighted by Gasteiger charge is -2.01. The van der Waals surface area contributed by atoms with Crippen LogP contribution in [-0.4, -0.2) is 28.6 Å². The van der Waals surface area contributed by atoms with Crippen molar-refractivity contribution in [2.24, 2.45) is 4.99 Å². The first kappa shape index (κ1) is 10.5. The molecule has 3 rings (SSSR count). The van der Waals surface area contributed by atoms with Gasteiger partial charge in [0.25, 0.3) is 0 Å². The van der Waals surface area contributed by atoms with Crippen molar-refractivity contribution in [3.63, 3.8) is 0 Å². The third-order valence-electron chi connectivity index (χ3n) is 2.49. The Hall–Kier alpha value is -1.62. The van der Waals surface area contributed by atoms with Crippen molar-refractivity contribution in [3.05, 3.63) is 47.0 Å². The van der Waals surface area contributed by atoms with E-state index in [9.17, 15) is 0 Å². The zero-order valence-corrected chi connectivity index (χ0v) is 10.6. The lowest BCUT2D eigenvalue weighted by Crippen LogP contribution is -2.01. The van der Waals surface area contributed by atoms with Crippen LogP contribution in [0.4, 0.5) is 0 Å². The molecule has 0 atom stereocenters. The lowest BCUT2D eigenvalue weighted by molar-refractivity contribution is 0.347. The van der Waals surface area contributed by atoms with Gasteiger partial charge in [0, 0.05) is 16.4 Å². The van der Waals surface area contributed by atoms with Crippen LogP contribution in [0.3, 0.4) is 0 Å². The Kier molecular flexibility index (Phi) is 2.68. The normalized spacial score (nSPS) is 14.5. The van der Waals surface area contributed by atoms with Crippen LogP contribution in [0.15, 0.2) is 46.3 Å². The Morgan fingerprint density at radius 2 is 2.29 bits per heavy atom. The second kappa shape index (κ2) is 4.33. The molecule has 0 saturated carbocycles. The monoisotopic (exact) mass is 291 g/mol. The number of hydrogen-bond donors (Lipinski definition) is 0. The summed E-state index contributed by atoms with van der Waals surface area (Å²) in [5.74, 6) is 0.638. The quantitative estimate of drug-likeness (QED) is 0.852. The first-order valence-corrected chi connectivity index (χ1v) is 6.10. The van der Waals surface area contributed by atoms with Crippen molar-refractivity contribution < 1.29 is 4.74 Å². The molecule has 0 bridgehead atoms. The molecule has 1 aromatic heterocycles. The number of aromatic nitrogens is 2. The summed E-state index contributed by atoms with van der Waals surface area (Å²) >= 11 is 3.45. The van der Waals surface area contributed by atoms with Gasteiger partial charge in [0.15, 0.2) is 0 Å². The molecule has 1 aromatic carbocycles. The maximum absolute atomic E-state index is 5.38. The van der Waals surface area contributed by atoms with E-state index in [4.69, 9.17) is 4.74 Å². The highest BCUT2D eigenvalue weighted by Crippen LogP contribution is 2.16. The fraction of sp³-hybridized carbons (Fsp3) is 0.167. The van der Waals surface area contributed by atoms with Gasteiger partial charge in [-0.1, -0.05) is 22.0 Å². The molecule has 1 aliphatic rings. The first-order chi connectivity index (χ1) is 8.33. The second-order valence-corrected chi connectivity index (χ2v) is 4.60. The number of aliphatic imine (C=N–C) groups is 1. The van der Waals surface area contributed by atoms with E-state index in [2.05, 4.69) is 25.9 Å². The van der Waals surface area contributed by atoms with Crippen LogP contribution in [-0.2, 0) is 4.74 Å². The van der Waals surface area contributed by atoms with Gasteiger partial charge in [-0.2, -0.15) is 0 Å². The van der Waals surface area contributed by atoms with Gasteiger partial charge in [-0.25, -0.2) is 9.98 Å². The van der Waals surface area contributed by atoms with Crippen molar-refractivity contribution in [3.8, 4) is 5.69 Å². The van der Waals surface area contributed by atoms with Crippen LogP contribution >= 0.6 is 15.9 Å². The zero-order chi connectivity index (χ0) is 11.7. The van der Waals surface area contributed by atoms with Crippen LogP contribution in [0, 0.1) is 0 Å². The lowest BCUT2D eigenvalue weighted by atomic mass is 10.3. The topological polar surface area (TPSA) is 39.4 Å². The Bertz CT molecular complexity index is 577. The SMILES string of the molecule is Brc1cccc(-n2cnc(C3=NCCO3)c2)c1. The van der Waals surface area contributed by atoms with E-state index in [-0.39, 0.29) is 0 Å². The van der Waals surface area contributed by atoms with Crippen molar-refractivity contribution in [1.82, 2.24) is 9.55 Å². The molecule has 4 nitrogen and oxygen atoms in total. The summed E-state index contributed by atoms with van der Waals surface area (Å²) in [5.41, 5.74) is 1.83. The fourth-order valence-electron chi connectivity index (χ4n) is 1.70. The minimum atomic E-state index is 0.638. The second-order valence-electron chi connectivity index (χ2n) is 3.68. The van der Waals surface area contributed by atoms with Gasteiger partial charge in [0.05, 0.1) is 6.54 Å². The minimum absolute atomic E-state index is 0.638. The molecule has 17 heavy (non-hydrogen) atoms. The fourth-order valence-corrected chi connectivity index (χ4v) is 2.09. The number of hydrogen-bond acceptors (Lipinski definition) is 3. The summed E-state index contributed by atoms with van der Waals surface area (Å²) in [7, 11) is 0. The van der Waals surface area contributed by atoms with E-state index in [0.717, 1.165) is 22.4 Å². The highest BCUT2D eigenvalue weighted by atomic mass is 79.9. The van der Waals surface area contributed by atoms with Gasteiger partial charge < -0.3 is 9.30 Å². The molecule has 5 heteroatoms. The average Bonchev–Trinajstić information content (AvgIpc) is 3.00. The summed E-state index contributed by atoms with van der Waals surface area (Å²) < 4.78 is 8.37.